The Balaban J connectivity index is 1.41. The van der Waals surface area contributed by atoms with Gasteiger partial charge >= 0.3 is 0 Å². The first kappa shape index (κ1) is 20.3. The van der Waals surface area contributed by atoms with Crippen molar-refractivity contribution in [1.29, 1.82) is 0 Å². The SMILES string of the molecule is Cc1cccc(-c2csc(NC(CNC(=O)c3ccn(C(C)(C)C)c3)=C3CC3)n2)n1. The molecule has 4 rings (SSSR count). The molecule has 6 nitrogen and oxygen atoms in total. The summed E-state index contributed by atoms with van der Waals surface area (Å²) < 4.78 is 2.05. The van der Waals surface area contributed by atoms with Gasteiger partial charge in [0.15, 0.2) is 5.13 Å². The lowest BCUT2D eigenvalue weighted by Crippen LogP contribution is -2.28. The van der Waals surface area contributed by atoms with Gasteiger partial charge in [0.2, 0.25) is 0 Å². The lowest BCUT2D eigenvalue weighted by molar-refractivity contribution is 0.0957. The zero-order chi connectivity index (χ0) is 21.3. The second-order valence-corrected chi connectivity index (χ2v) is 9.43. The standard InChI is InChI=1S/C23H27N5OS/c1-15-6-5-7-18(25-15)20-14-30-22(27-20)26-19(16-8-9-16)12-24-21(29)17-10-11-28(13-17)23(2,3)4/h5-7,10-11,13-14H,8-9,12H2,1-4H3,(H,24,29)(H,26,27). The Kier molecular flexibility index (Phi) is 5.47. The summed E-state index contributed by atoms with van der Waals surface area (Å²) in [4.78, 5) is 21.8. The third-order valence-corrected chi connectivity index (χ3v) is 5.75. The summed E-state index contributed by atoms with van der Waals surface area (Å²) in [6, 6.07) is 7.79. The summed E-state index contributed by atoms with van der Waals surface area (Å²) in [5, 5.41) is 9.29. The summed E-state index contributed by atoms with van der Waals surface area (Å²) in [5.41, 5.74) is 5.71. The van der Waals surface area contributed by atoms with Crippen LogP contribution in [0.4, 0.5) is 5.13 Å². The summed E-state index contributed by atoms with van der Waals surface area (Å²) >= 11 is 1.55. The van der Waals surface area contributed by atoms with E-state index in [-0.39, 0.29) is 11.4 Å². The van der Waals surface area contributed by atoms with Crippen molar-refractivity contribution in [1.82, 2.24) is 19.9 Å². The van der Waals surface area contributed by atoms with Gasteiger partial charge in [-0.1, -0.05) is 6.07 Å². The molecule has 30 heavy (non-hydrogen) atoms. The van der Waals surface area contributed by atoms with Crippen molar-refractivity contribution in [2.24, 2.45) is 0 Å². The van der Waals surface area contributed by atoms with Crippen LogP contribution in [-0.4, -0.2) is 27.0 Å². The molecule has 156 valence electrons. The second kappa shape index (κ2) is 8.07. The average Bonchev–Trinajstić information content (AvgIpc) is 3.22. The molecule has 1 fully saturated rings. The molecule has 0 bridgehead atoms. The van der Waals surface area contributed by atoms with E-state index < -0.39 is 0 Å². The second-order valence-electron chi connectivity index (χ2n) is 8.57. The average molecular weight is 422 g/mol. The number of amides is 1. The van der Waals surface area contributed by atoms with Crippen LogP contribution in [0.5, 0.6) is 0 Å². The number of aryl methyl sites for hydroxylation is 1. The number of rotatable bonds is 6. The number of aromatic nitrogens is 3. The number of hydrogen-bond donors (Lipinski definition) is 2. The lowest BCUT2D eigenvalue weighted by atomic mass is 10.1. The molecule has 1 aliphatic rings. The molecule has 3 heterocycles. The Morgan fingerprint density at radius 2 is 1.97 bits per heavy atom. The monoisotopic (exact) mass is 421 g/mol. The van der Waals surface area contributed by atoms with Gasteiger partial charge in [-0.05, 0) is 64.3 Å². The molecule has 0 radical (unpaired) electrons. The summed E-state index contributed by atoms with van der Waals surface area (Å²) in [6.07, 6.45) is 5.98. The molecule has 0 spiro atoms. The number of nitrogens with one attached hydrogen (secondary N) is 2. The number of carbonyl (C=O) groups excluding carboxylic acids is 1. The molecular formula is C23H27N5OS. The van der Waals surface area contributed by atoms with Gasteiger partial charge in [-0.25, -0.2) is 4.98 Å². The van der Waals surface area contributed by atoms with Crippen LogP contribution in [0.1, 0.15) is 49.7 Å². The van der Waals surface area contributed by atoms with E-state index in [0.29, 0.717) is 12.1 Å². The Morgan fingerprint density at radius 3 is 2.63 bits per heavy atom. The van der Waals surface area contributed by atoms with Gasteiger partial charge in [-0.3, -0.25) is 9.78 Å². The van der Waals surface area contributed by atoms with Crippen molar-refractivity contribution in [2.45, 2.75) is 46.1 Å². The van der Waals surface area contributed by atoms with Crippen molar-refractivity contribution in [3.63, 3.8) is 0 Å². The maximum absolute atomic E-state index is 12.6. The van der Waals surface area contributed by atoms with E-state index in [2.05, 4.69) is 45.9 Å². The van der Waals surface area contributed by atoms with Crippen LogP contribution < -0.4 is 10.6 Å². The Bertz CT molecular complexity index is 1100. The highest BCUT2D eigenvalue weighted by Gasteiger charge is 2.20. The quantitative estimate of drug-likeness (QED) is 0.590. The van der Waals surface area contributed by atoms with Crippen LogP contribution >= 0.6 is 11.3 Å². The minimum atomic E-state index is -0.0673. The van der Waals surface area contributed by atoms with Crippen LogP contribution in [-0.2, 0) is 5.54 Å². The Labute approximate surface area is 181 Å². The molecule has 0 saturated heterocycles. The maximum Gasteiger partial charge on any atom is 0.253 e. The fraction of sp³-hybridized carbons (Fsp3) is 0.348. The van der Waals surface area contributed by atoms with Gasteiger partial charge in [-0.15, -0.1) is 11.3 Å². The third-order valence-electron chi connectivity index (χ3n) is 4.99. The van der Waals surface area contributed by atoms with E-state index in [4.69, 9.17) is 0 Å². The van der Waals surface area contributed by atoms with E-state index in [1.807, 2.05) is 49.0 Å². The molecule has 1 saturated carbocycles. The minimum Gasteiger partial charge on any atom is -0.348 e. The molecule has 1 amide bonds. The number of nitrogens with zero attached hydrogens (tertiary/aromatic N) is 3. The zero-order valence-electron chi connectivity index (χ0n) is 17.8. The summed E-state index contributed by atoms with van der Waals surface area (Å²) in [5.74, 6) is -0.0673. The van der Waals surface area contributed by atoms with Gasteiger partial charge in [0.25, 0.3) is 5.91 Å². The first-order valence-electron chi connectivity index (χ1n) is 10.1. The molecule has 0 aliphatic heterocycles. The van der Waals surface area contributed by atoms with E-state index in [1.54, 1.807) is 11.3 Å². The van der Waals surface area contributed by atoms with Crippen LogP contribution in [0, 0.1) is 6.92 Å². The molecule has 2 N–H and O–H groups in total. The van der Waals surface area contributed by atoms with Crippen molar-refractivity contribution >= 4 is 22.4 Å². The van der Waals surface area contributed by atoms with Gasteiger partial charge in [0.1, 0.15) is 5.69 Å². The van der Waals surface area contributed by atoms with E-state index in [9.17, 15) is 4.79 Å². The van der Waals surface area contributed by atoms with Gasteiger partial charge < -0.3 is 15.2 Å². The highest BCUT2D eigenvalue weighted by Crippen LogP contribution is 2.33. The van der Waals surface area contributed by atoms with Crippen LogP contribution in [0.15, 0.2) is 53.3 Å². The van der Waals surface area contributed by atoms with Crippen molar-refractivity contribution in [3.8, 4) is 11.4 Å². The largest absolute Gasteiger partial charge is 0.348 e. The van der Waals surface area contributed by atoms with Crippen LogP contribution in [0.25, 0.3) is 11.4 Å². The van der Waals surface area contributed by atoms with Gasteiger partial charge in [0, 0.05) is 34.7 Å². The normalized spacial score (nSPS) is 13.3. The number of carbonyl (C=O) groups is 1. The molecule has 3 aromatic rings. The molecular weight excluding hydrogens is 394 g/mol. The van der Waals surface area contributed by atoms with E-state index >= 15 is 0 Å². The number of pyridine rings is 1. The fourth-order valence-electron chi connectivity index (χ4n) is 3.10. The fourth-order valence-corrected chi connectivity index (χ4v) is 3.83. The first-order chi connectivity index (χ1) is 14.3. The van der Waals surface area contributed by atoms with Crippen molar-refractivity contribution in [2.75, 3.05) is 11.9 Å². The molecule has 7 heteroatoms. The Hall–Kier alpha value is -2.93. The Morgan fingerprint density at radius 1 is 1.17 bits per heavy atom. The highest BCUT2D eigenvalue weighted by atomic mass is 32.1. The summed E-state index contributed by atoms with van der Waals surface area (Å²) in [7, 11) is 0. The van der Waals surface area contributed by atoms with Crippen LogP contribution in [0.3, 0.4) is 0 Å². The molecule has 3 aromatic heterocycles. The first-order valence-corrected chi connectivity index (χ1v) is 11.0. The molecule has 0 unspecified atom stereocenters. The highest BCUT2D eigenvalue weighted by molar-refractivity contribution is 7.14. The number of anilines is 1. The van der Waals surface area contributed by atoms with Crippen molar-refractivity contribution in [3.05, 3.63) is 64.6 Å². The minimum absolute atomic E-state index is 0.0457. The zero-order valence-corrected chi connectivity index (χ0v) is 18.6. The predicted molar refractivity (Wildman–Crippen MR) is 122 cm³/mol. The number of hydrogen-bond acceptors (Lipinski definition) is 5. The number of allylic oxidation sites excluding steroid dienone is 1. The van der Waals surface area contributed by atoms with Crippen LogP contribution in [0.2, 0.25) is 0 Å². The molecule has 1 aliphatic carbocycles. The number of thiazole rings is 1. The topological polar surface area (TPSA) is 71.8 Å². The van der Waals surface area contributed by atoms with E-state index in [1.165, 1.54) is 5.57 Å². The summed E-state index contributed by atoms with van der Waals surface area (Å²) in [6.45, 7) is 8.78. The van der Waals surface area contributed by atoms with E-state index in [0.717, 1.165) is 40.8 Å². The predicted octanol–water partition coefficient (Wildman–Crippen LogP) is 4.96. The maximum atomic E-state index is 12.6. The molecule has 0 atom stereocenters. The molecule has 0 aromatic carbocycles. The third kappa shape index (κ3) is 4.79. The smallest absolute Gasteiger partial charge is 0.253 e. The van der Waals surface area contributed by atoms with Crippen molar-refractivity contribution < 1.29 is 4.79 Å². The van der Waals surface area contributed by atoms with Gasteiger partial charge in [0.05, 0.1) is 17.8 Å². The lowest BCUT2D eigenvalue weighted by Gasteiger charge is -2.20. The van der Waals surface area contributed by atoms with Gasteiger partial charge in [-0.2, -0.15) is 0 Å².